The summed E-state index contributed by atoms with van der Waals surface area (Å²) >= 11 is 1.33. The molecule has 0 saturated carbocycles. The van der Waals surface area contributed by atoms with Gasteiger partial charge >= 0.3 is 0 Å². The molecule has 1 atom stereocenters. The van der Waals surface area contributed by atoms with Crippen LogP contribution in [0.5, 0.6) is 0 Å². The summed E-state index contributed by atoms with van der Waals surface area (Å²) in [5.41, 5.74) is 5.74. The van der Waals surface area contributed by atoms with E-state index in [0.717, 1.165) is 6.42 Å². The Kier molecular flexibility index (Phi) is 4.64. The second kappa shape index (κ2) is 7.60. The highest BCUT2D eigenvalue weighted by Gasteiger charge is 2.53. The Morgan fingerprint density at radius 3 is 2.32 bits per heavy atom. The van der Waals surface area contributed by atoms with Crippen LogP contribution in [0.15, 0.2) is 78.2 Å². The number of anilines is 1. The summed E-state index contributed by atoms with van der Waals surface area (Å²) in [5, 5.41) is 16.5. The fraction of sp³-hybridized carbons (Fsp3) is 0.185. The van der Waals surface area contributed by atoms with Crippen LogP contribution < -0.4 is 5.32 Å². The first kappa shape index (κ1) is 20.7. The number of hydrogen-bond acceptors (Lipinski definition) is 5. The van der Waals surface area contributed by atoms with Gasteiger partial charge in [0.25, 0.3) is 5.69 Å². The normalized spacial score (nSPS) is 22.0. The fourth-order valence-corrected chi connectivity index (χ4v) is 6.39. The molecule has 0 saturated heterocycles. The number of thiazole rings is 1. The zero-order valence-corrected chi connectivity index (χ0v) is 19.2. The largest absolute Gasteiger partial charge is 0.301 e. The van der Waals surface area contributed by atoms with E-state index in [-0.39, 0.29) is 23.4 Å². The van der Waals surface area contributed by atoms with Crippen LogP contribution in [-0.2, 0) is 4.79 Å². The van der Waals surface area contributed by atoms with E-state index in [1.165, 1.54) is 45.7 Å². The van der Waals surface area contributed by atoms with Gasteiger partial charge in [-0.1, -0.05) is 60.7 Å². The first-order valence-electron chi connectivity index (χ1n) is 11.1. The minimum absolute atomic E-state index is 0.0131. The Labute approximate surface area is 200 Å². The van der Waals surface area contributed by atoms with Gasteiger partial charge in [0.2, 0.25) is 5.91 Å². The van der Waals surface area contributed by atoms with E-state index in [2.05, 4.69) is 53.6 Å². The standard InChI is InChI=1S/C27H21N3O3S/c1-27(14-22-18-9-2-4-11-20(18)24(27)21-12-5-3-10-19(21)22)25(31)29-26-28-23(15-34-26)16-7-6-8-17(13-16)30(32)33/h2-13,15,22,24H,14H2,1H3,(H,28,29,31). The smallest absolute Gasteiger partial charge is 0.270 e. The van der Waals surface area contributed by atoms with Gasteiger partial charge in [0.15, 0.2) is 5.13 Å². The molecule has 1 unspecified atom stereocenters. The number of nitrogens with one attached hydrogen (secondary N) is 1. The maximum absolute atomic E-state index is 13.8. The molecule has 0 radical (unpaired) electrons. The van der Waals surface area contributed by atoms with Crippen molar-refractivity contribution in [3.05, 3.63) is 111 Å². The molecule has 1 aromatic heterocycles. The molecular formula is C27H21N3O3S. The number of nitro benzene ring substituents is 1. The van der Waals surface area contributed by atoms with Gasteiger partial charge in [-0.3, -0.25) is 14.9 Å². The van der Waals surface area contributed by atoms with Gasteiger partial charge in [0, 0.05) is 34.9 Å². The number of rotatable bonds is 4. The van der Waals surface area contributed by atoms with Crippen molar-refractivity contribution in [2.24, 2.45) is 5.41 Å². The first-order valence-corrected chi connectivity index (χ1v) is 12.0. The van der Waals surface area contributed by atoms with Crippen LogP contribution in [0.4, 0.5) is 10.8 Å². The highest BCUT2D eigenvalue weighted by atomic mass is 32.1. The molecule has 3 aromatic carbocycles. The molecule has 6 nitrogen and oxygen atoms in total. The second-order valence-corrected chi connectivity index (χ2v) is 10.0. The van der Waals surface area contributed by atoms with Crippen LogP contribution in [-0.4, -0.2) is 15.8 Å². The Bertz CT molecular complexity index is 1420. The van der Waals surface area contributed by atoms with E-state index in [4.69, 9.17) is 0 Å². The number of nitrogens with zero attached hydrogens (tertiary/aromatic N) is 2. The number of aromatic nitrogens is 1. The Hall–Kier alpha value is -3.84. The third kappa shape index (κ3) is 3.08. The lowest BCUT2D eigenvalue weighted by atomic mass is 9.52. The Morgan fingerprint density at radius 2 is 1.68 bits per heavy atom. The van der Waals surface area contributed by atoms with Gasteiger partial charge in [-0.25, -0.2) is 4.98 Å². The fourth-order valence-electron chi connectivity index (χ4n) is 5.67. The Balaban J connectivity index is 1.33. The van der Waals surface area contributed by atoms with Crippen molar-refractivity contribution in [3.8, 4) is 11.3 Å². The SMILES string of the molecule is CC1(C(=O)Nc2nc(-c3cccc([N+](=O)[O-])c3)cs2)CC2c3ccccc3C1c1ccccc12. The lowest BCUT2D eigenvalue weighted by molar-refractivity contribution is -0.384. The van der Waals surface area contributed by atoms with E-state index in [1.807, 2.05) is 17.5 Å². The zero-order chi connectivity index (χ0) is 23.4. The van der Waals surface area contributed by atoms with Crippen molar-refractivity contribution in [1.29, 1.82) is 0 Å². The number of non-ortho nitro benzene ring substituents is 1. The summed E-state index contributed by atoms with van der Waals surface area (Å²) in [6, 6.07) is 23.3. The highest BCUT2D eigenvalue weighted by molar-refractivity contribution is 7.14. The molecule has 7 rings (SSSR count). The molecule has 0 spiro atoms. The van der Waals surface area contributed by atoms with Crippen molar-refractivity contribution in [2.45, 2.75) is 25.2 Å². The van der Waals surface area contributed by atoms with Crippen molar-refractivity contribution in [3.63, 3.8) is 0 Å². The van der Waals surface area contributed by atoms with E-state index >= 15 is 0 Å². The number of amides is 1. The van der Waals surface area contributed by atoms with E-state index in [9.17, 15) is 14.9 Å². The maximum atomic E-state index is 13.8. The van der Waals surface area contributed by atoms with Gasteiger partial charge < -0.3 is 5.32 Å². The van der Waals surface area contributed by atoms with Gasteiger partial charge in [-0.15, -0.1) is 11.3 Å². The average Bonchev–Trinajstić information content (AvgIpc) is 3.33. The minimum Gasteiger partial charge on any atom is -0.301 e. The number of fused-ring (bicyclic) bond motifs is 1. The summed E-state index contributed by atoms with van der Waals surface area (Å²) in [6.07, 6.45) is 0.737. The van der Waals surface area contributed by atoms with Crippen molar-refractivity contribution < 1.29 is 9.72 Å². The van der Waals surface area contributed by atoms with Crippen molar-refractivity contribution in [2.75, 3.05) is 5.32 Å². The summed E-state index contributed by atoms with van der Waals surface area (Å²) in [6.45, 7) is 2.06. The molecule has 34 heavy (non-hydrogen) atoms. The van der Waals surface area contributed by atoms with Crippen LogP contribution in [0, 0.1) is 15.5 Å². The number of nitro groups is 1. The number of hydrogen-bond donors (Lipinski definition) is 1. The molecule has 0 fully saturated rings. The van der Waals surface area contributed by atoms with Crippen molar-refractivity contribution in [1.82, 2.24) is 4.98 Å². The van der Waals surface area contributed by atoms with E-state index < -0.39 is 10.3 Å². The van der Waals surface area contributed by atoms with Gasteiger partial charge in [0.1, 0.15) is 0 Å². The first-order chi connectivity index (χ1) is 16.5. The lowest BCUT2D eigenvalue weighted by Gasteiger charge is -2.50. The third-order valence-electron chi connectivity index (χ3n) is 7.23. The molecule has 3 aliphatic carbocycles. The molecule has 3 aliphatic rings. The van der Waals surface area contributed by atoms with E-state index in [0.29, 0.717) is 16.4 Å². The topological polar surface area (TPSA) is 85.1 Å². The minimum atomic E-state index is -0.620. The van der Waals surface area contributed by atoms with Crippen molar-refractivity contribution >= 4 is 28.1 Å². The van der Waals surface area contributed by atoms with Crippen LogP contribution in [0.25, 0.3) is 11.3 Å². The molecule has 0 aliphatic heterocycles. The summed E-state index contributed by atoms with van der Waals surface area (Å²) < 4.78 is 0. The molecular weight excluding hydrogens is 446 g/mol. The summed E-state index contributed by atoms with van der Waals surface area (Å²) in [5.74, 6) is 0.109. The number of carbonyl (C=O) groups is 1. The zero-order valence-electron chi connectivity index (χ0n) is 18.4. The molecule has 1 heterocycles. The van der Waals surface area contributed by atoms with Gasteiger partial charge in [-0.2, -0.15) is 0 Å². The maximum Gasteiger partial charge on any atom is 0.270 e. The molecule has 1 amide bonds. The molecule has 4 aromatic rings. The lowest BCUT2D eigenvalue weighted by Crippen LogP contribution is -2.47. The van der Waals surface area contributed by atoms with Crippen LogP contribution in [0.3, 0.4) is 0 Å². The average molecular weight is 468 g/mol. The van der Waals surface area contributed by atoms with Crippen LogP contribution in [0.2, 0.25) is 0 Å². The summed E-state index contributed by atoms with van der Waals surface area (Å²) in [4.78, 5) is 29.0. The Morgan fingerprint density at radius 1 is 1.03 bits per heavy atom. The highest BCUT2D eigenvalue weighted by Crippen LogP contribution is 2.61. The monoisotopic (exact) mass is 467 g/mol. The molecule has 7 heteroatoms. The molecule has 2 bridgehead atoms. The van der Waals surface area contributed by atoms with Crippen LogP contribution in [0.1, 0.15) is 47.4 Å². The van der Waals surface area contributed by atoms with Gasteiger partial charge in [0.05, 0.1) is 16.0 Å². The second-order valence-electron chi connectivity index (χ2n) is 9.16. The molecule has 168 valence electrons. The third-order valence-corrected chi connectivity index (χ3v) is 7.98. The summed E-state index contributed by atoms with van der Waals surface area (Å²) in [7, 11) is 0. The predicted octanol–water partition coefficient (Wildman–Crippen LogP) is 6.34. The quantitative estimate of drug-likeness (QED) is 0.280. The van der Waals surface area contributed by atoms with Gasteiger partial charge in [-0.05, 0) is 35.6 Å². The van der Waals surface area contributed by atoms with E-state index in [1.54, 1.807) is 12.1 Å². The number of carbonyl (C=O) groups excluding carboxylic acids is 1. The predicted molar refractivity (Wildman–Crippen MR) is 132 cm³/mol. The van der Waals surface area contributed by atoms with Crippen LogP contribution >= 0.6 is 11.3 Å². The molecule has 1 N–H and O–H groups in total. The number of benzene rings is 3.